The molecule has 2 aliphatic rings. The fraction of sp³-hybridized carbons (Fsp3) is 0.562. The first-order valence-electron chi connectivity index (χ1n) is 7.23. The highest BCUT2D eigenvalue weighted by molar-refractivity contribution is 5.77. The lowest BCUT2D eigenvalue weighted by Gasteiger charge is -2.31. The van der Waals surface area contributed by atoms with Crippen molar-refractivity contribution in [1.82, 2.24) is 4.90 Å². The van der Waals surface area contributed by atoms with Gasteiger partial charge in [-0.1, -0.05) is 25.1 Å². The van der Waals surface area contributed by atoms with Gasteiger partial charge in [0.25, 0.3) is 0 Å². The van der Waals surface area contributed by atoms with Crippen molar-refractivity contribution >= 4 is 5.91 Å². The molecule has 0 radical (unpaired) electrons. The Kier molecular flexibility index (Phi) is 3.45. The minimum atomic E-state index is 0.237. The molecule has 0 saturated carbocycles. The van der Waals surface area contributed by atoms with Crippen LogP contribution in [0, 0.1) is 5.92 Å². The van der Waals surface area contributed by atoms with E-state index in [0.717, 1.165) is 25.3 Å². The quantitative estimate of drug-likeness (QED) is 0.817. The van der Waals surface area contributed by atoms with Gasteiger partial charge in [0.1, 0.15) is 5.75 Å². The number of nitrogens with zero attached hydrogens (tertiary/aromatic N) is 1. The Labute approximate surface area is 114 Å². The zero-order valence-corrected chi connectivity index (χ0v) is 11.5. The minimum Gasteiger partial charge on any atom is -0.493 e. The summed E-state index contributed by atoms with van der Waals surface area (Å²) < 4.78 is 5.65. The summed E-state index contributed by atoms with van der Waals surface area (Å²) in [6, 6.07) is 8.07. The van der Waals surface area contributed by atoms with Gasteiger partial charge in [-0.05, 0) is 24.8 Å². The smallest absolute Gasteiger partial charge is 0.223 e. The second-order valence-corrected chi connectivity index (χ2v) is 5.84. The number of carbonyl (C=O) groups is 1. The molecule has 1 amide bonds. The van der Waals surface area contributed by atoms with Crippen LogP contribution in [0.3, 0.4) is 0 Å². The Hall–Kier alpha value is -1.51. The van der Waals surface area contributed by atoms with E-state index >= 15 is 0 Å². The van der Waals surface area contributed by atoms with Crippen LogP contribution in [0.2, 0.25) is 0 Å². The molecule has 0 aromatic heterocycles. The first kappa shape index (κ1) is 12.5. The van der Waals surface area contributed by atoms with Gasteiger partial charge in [-0.25, -0.2) is 0 Å². The largest absolute Gasteiger partial charge is 0.493 e. The highest BCUT2D eigenvalue weighted by atomic mass is 16.5. The van der Waals surface area contributed by atoms with Crippen LogP contribution in [0.15, 0.2) is 24.3 Å². The molecule has 1 fully saturated rings. The Morgan fingerprint density at radius 3 is 3.11 bits per heavy atom. The van der Waals surface area contributed by atoms with Gasteiger partial charge in [0.2, 0.25) is 5.91 Å². The van der Waals surface area contributed by atoms with Crippen molar-refractivity contribution in [2.45, 2.75) is 32.1 Å². The molecular weight excluding hydrogens is 238 g/mol. The number of benzene rings is 1. The number of amides is 1. The third-order valence-electron chi connectivity index (χ3n) is 4.23. The molecular formula is C16H21NO2. The van der Waals surface area contributed by atoms with Gasteiger partial charge in [-0.15, -0.1) is 0 Å². The lowest BCUT2D eigenvalue weighted by Crippen LogP contribution is -2.39. The second kappa shape index (κ2) is 5.24. The molecule has 2 heterocycles. The Balaban J connectivity index is 1.64. The maximum absolute atomic E-state index is 12.4. The molecule has 1 aromatic rings. The van der Waals surface area contributed by atoms with Crippen molar-refractivity contribution in [3.63, 3.8) is 0 Å². The standard InChI is InChI=1S/C16H21NO2/c1-12-5-4-8-17(10-12)16(18)9-13-11-19-15-7-3-2-6-14(13)15/h2-3,6-7,12-13H,4-5,8-11H2,1H3. The molecule has 3 nitrogen and oxygen atoms in total. The van der Waals surface area contributed by atoms with Crippen LogP contribution < -0.4 is 4.74 Å². The average Bonchev–Trinajstić information content (AvgIpc) is 2.82. The van der Waals surface area contributed by atoms with Crippen molar-refractivity contribution in [3.8, 4) is 5.75 Å². The number of piperidine rings is 1. The molecule has 3 rings (SSSR count). The molecule has 3 heteroatoms. The third-order valence-corrected chi connectivity index (χ3v) is 4.23. The van der Waals surface area contributed by atoms with Gasteiger partial charge in [-0.3, -0.25) is 4.79 Å². The first-order valence-corrected chi connectivity index (χ1v) is 7.23. The summed E-state index contributed by atoms with van der Waals surface area (Å²) in [6.07, 6.45) is 2.98. The number of rotatable bonds is 2. The summed E-state index contributed by atoms with van der Waals surface area (Å²) in [5.41, 5.74) is 1.20. The minimum absolute atomic E-state index is 0.237. The number of para-hydroxylation sites is 1. The normalized spacial score (nSPS) is 25.8. The lowest BCUT2D eigenvalue weighted by atomic mass is 9.95. The van der Waals surface area contributed by atoms with E-state index in [1.165, 1.54) is 12.0 Å². The highest BCUT2D eigenvalue weighted by Gasteiger charge is 2.29. The molecule has 0 bridgehead atoms. The number of hydrogen-bond acceptors (Lipinski definition) is 2. The van der Waals surface area contributed by atoms with E-state index in [9.17, 15) is 4.79 Å². The highest BCUT2D eigenvalue weighted by Crippen LogP contribution is 2.36. The van der Waals surface area contributed by atoms with Crippen LogP contribution in [0.1, 0.15) is 37.7 Å². The number of carbonyl (C=O) groups excluding carboxylic acids is 1. The number of hydrogen-bond donors (Lipinski definition) is 0. The molecule has 0 spiro atoms. The van der Waals surface area contributed by atoms with Gasteiger partial charge < -0.3 is 9.64 Å². The van der Waals surface area contributed by atoms with Crippen molar-refractivity contribution in [3.05, 3.63) is 29.8 Å². The maximum atomic E-state index is 12.4. The van der Waals surface area contributed by atoms with E-state index in [1.807, 2.05) is 23.1 Å². The van der Waals surface area contributed by atoms with E-state index < -0.39 is 0 Å². The summed E-state index contributed by atoms with van der Waals surface area (Å²) in [5, 5.41) is 0. The van der Waals surface area contributed by atoms with Crippen LogP contribution in [-0.2, 0) is 4.79 Å². The maximum Gasteiger partial charge on any atom is 0.223 e. The van der Waals surface area contributed by atoms with Crippen LogP contribution >= 0.6 is 0 Å². The molecule has 0 N–H and O–H groups in total. The van der Waals surface area contributed by atoms with Gasteiger partial charge >= 0.3 is 0 Å². The topological polar surface area (TPSA) is 29.5 Å². The van der Waals surface area contributed by atoms with Gasteiger partial charge in [0, 0.05) is 31.0 Å². The van der Waals surface area contributed by atoms with Crippen LogP contribution in [0.4, 0.5) is 0 Å². The monoisotopic (exact) mass is 259 g/mol. The van der Waals surface area contributed by atoms with Crippen molar-refractivity contribution in [2.24, 2.45) is 5.92 Å². The van der Waals surface area contributed by atoms with Crippen molar-refractivity contribution in [2.75, 3.05) is 19.7 Å². The zero-order chi connectivity index (χ0) is 13.2. The van der Waals surface area contributed by atoms with Gasteiger partial charge in [0.05, 0.1) is 6.61 Å². The van der Waals surface area contributed by atoms with Crippen molar-refractivity contribution < 1.29 is 9.53 Å². The van der Waals surface area contributed by atoms with E-state index in [2.05, 4.69) is 13.0 Å². The van der Waals surface area contributed by atoms with E-state index in [1.54, 1.807) is 0 Å². The van der Waals surface area contributed by atoms with E-state index in [-0.39, 0.29) is 11.8 Å². The number of likely N-dealkylation sites (tertiary alicyclic amines) is 1. The van der Waals surface area contributed by atoms with Crippen LogP contribution in [-0.4, -0.2) is 30.5 Å². The van der Waals surface area contributed by atoms with Crippen LogP contribution in [0.5, 0.6) is 5.75 Å². The predicted octanol–water partition coefficient (Wildman–Crippen LogP) is 2.81. The number of fused-ring (bicyclic) bond motifs is 1. The van der Waals surface area contributed by atoms with Gasteiger partial charge in [0.15, 0.2) is 0 Å². The SMILES string of the molecule is CC1CCCN(C(=O)CC2COc3ccccc32)C1. The fourth-order valence-electron chi connectivity index (χ4n) is 3.15. The summed E-state index contributed by atoms with van der Waals surface area (Å²) in [6.45, 7) is 4.73. The Morgan fingerprint density at radius 2 is 2.26 bits per heavy atom. The Bertz CT molecular complexity index is 472. The average molecular weight is 259 g/mol. The zero-order valence-electron chi connectivity index (χ0n) is 11.5. The number of ether oxygens (including phenoxy) is 1. The summed E-state index contributed by atoms with van der Waals surface area (Å²) in [4.78, 5) is 14.4. The first-order chi connectivity index (χ1) is 9.24. The molecule has 1 saturated heterocycles. The van der Waals surface area contributed by atoms with Crippen LogP contribution in [0.25, 0.3) is 0 Å². The molecule has 2 atom stereocenters. The molecule has 102 valence electrons. The summed E-state index contributed by atoms with van der Waals surface area (Å²) in [5.74, 6) is 2.12. The third kappa shape index (κ3) is 2.60. The Morgan fingerprint density at radius 1 is 1.42 bits per heavy atom. The lowest BCUT2D eigenvalue weighted by molar-refractivity contribution is -0.133. The van der Waals surface area contributed by atoms with Crippen molar-refractivity contribution in [1.29, 1.82) is 0 Å². The fourth-order valence-corrected chi connectivity index (χ4v) is 3.15. The molecule has 2 unspecified atom stereocenters. The molecule has 19 heavy (non-hydrogen) atoms. The van der Waals surface area contributed by atoms with E-state index in [4.69, 9.17) is 4.74 Å². The molecule has 2 aliphatic heterocycles. The van der Waals surface area contributed by atoms with Gasteiger partial charge in [-0.2, -0.15) is 0 Å². The molecule has 0 aliphatic carbocycles. The summed E-state index contributed by atoms with van der Waals surface area (Å²) in [7, 11) is 0. The molecule has 1 aromatic carbocycles. The predicted molar refractivity (Wildman–Crippen MR) is 74.3 cm³/mol. The second-order valence-electron chi connectivity index (χ2n) is 5.84. The van der Waals surface area contributed by atoms with E-state index in [0.29, 0.717) is 18.9 Å². The summed E-state index contributed by atoms with van der Waals surface area (Å²) >= 11 is 0.